The highest BCUT2D eigenvalue weighted by atomic mass is 127. The van der Waals surface area contributed by atoms with Crippen LogP contribution in [0.15, 0.2) is 52.3 Å². The Hall–Kier alpha value is -2.24. The summed E-state index contributed by atoms with van der Waals surface area (Å²) in [6, 6.07) is 11.1. The number of para-hydroxylation sites is 1. The fourth-order valence-electron chi connectivity index (χ4n) is 2.79. The van der Waals surface area contributed by atoms with Crippen LogP contribution in [-0.2, 0) is 13.1 Å². The van der Waals surface area contributed by atoms with Crippen molar-refractivity contribution in [3.63, 3.8) is 0 Å². The molecule has 2 N–H and O–H groups in total. The van der Waals surface area contributed by atoms with Crippen LogP contribution >= 0.6 is 24.0 Å². The number of nitrogens with one attached hydrogen (secondary N) is 2. The van der Waals surface area contributed by atoms with Gasteiger partial charge in [-0.3, -0.25) is 9.79 Å². The van der Waals surface area contributed by atoms with Gasteiger partial charge in [0.25, 0.3) is 5.56 Å². The second kappa shape index (κ2) is 12.5. The Balaban J connectivity index is 0.00000450. The number of benzene rings is 1. The fourth-order valence-corrected chi connectivity index (χ4v) is 2.79. The molecule has 166 valence electrons. The number of aryl methyl sites for hydroxylation is 1. The third-order valence-corrected chi connectivity index (χ3v) is 4.24. The minimum absolute atomic E-state index is 0. The number of aromatic nitrogens is 1. The predicted octanol–water partition coefficient (Wildman–Crippen LogP) is 3.82. The van der Waals surface area contributed by atoms with Gasteiger partial charge in [-0.05, 0) is 31.9 Å². The molecule has 0 spiro atoms. The van der Waals surface area contributed by atoms with Gasteiger partial charge in [-0.25, -0.2) is 0 Å². The first-order chi connectivity index (χ1) is 13.8. The summed E-state index contributed by atoms with van der Waals surface area (Å²) in [4.78, 5) is 15.9. The van der Waals surface area contributed by atoms with E-state index in [9.17, 15) is 18.0 Å². The number of pyridine rings is 1. The largest absolute Gasteiger partial charge is 0.573 e. The highest BCUT2D eigenvalue weighted by Gasteiger charge is 2.31. The van der Waals surface area contributed by atoms with Crippen molar-refractivity contribution in [3.8, 4) is 5.75 Å². The van der Waals surface area contributed by atoms with Gasteiger partial charge >= 0.3 is 6.36 Å². The van der Waals surface area contributed by atoms with E-state index in [1.807, 2.05) is 13.0 Å². The molecular formula is C20H26F3IN4O2. The molecule has 0 unspecified atom stereocenters. The van der Waals surface area contributed by atoms with Crippen LogP contribution in [0.1, 0.15) is 24.1 Å². The molecule has 0 saturated heterocycles. The topological polar surface area (TPSA) is 67.7 Å². The summed E-state index contributed by atoms with van der Waals surface area (Å²) in [6.45, 7) is 3.26. The highest BCUT2D eigenvalue weighted by Crippen LogP contribution is 2.25. The molecule has 0 amide bonds. The van der Waals surface area contributed by atoms with Gasteiger partial charge in [0.1, 0.15) is 5.75 Å². The van der Waals surface area contributed by atoms with E-state index in [2.05, 4.69) is 20.4 Å². The average Bonchev–Trinajstić information content (AvgIpc) is 2.66. The first-order valence-electron chi connectivity index (χ1n) is 9.25. The van der Waals surface area contributed by atoms with Crippen molar-refractivity contribution in [1.82, 2.24) is 15.2 Å². The van der Waals surface area contributed by atoms with E-state index in [1.54, 1.807) is 29.8 Å². The molecule has 30 heavy (non-hydrogen) atoms. The molecule has 0 bridgehead atoms. The SMILES string of the molecule is CN=C(NCCCCn1c(C)cccc1=O)NCc1ccccc1OC(F)(F)F.I. The third kappa shape index (κ3) is 8.64. The first-order valence-corrected chi connectivity index (χ1v) is 9.25. The summed E-state index contributed by atoms with van der Waals surface area (Å²) in [5, 5.41) is 6.09. The minimum Gasteiger partial charge on any atom is -0.405 e. The summed E-state index contributed by atoms with van der Waals surface area (Å²) < 4.78 is 43.3. The lowest BCUT2D eigenvalue weighted by Gasteiger charge is -2.15. The number of ether oxygens (including phenoxy) is 1. The van der Waals surface area contributed by atoms with Crippen molar-refractivity contribution >= 4 is 29.9 Å². The summed E-state index contributed by atoms with van der Waals surface area (Å²) in [5.41, 5.74) is 1.27. The Morgan fingerprint density at radius 1 is 1.10 bits per heavy atom. The van der Waals surface area contributed by atoms with Crippen LogP contribution in [0.5, 0.6) is 5.75 Å². The molecule has 0 saturated carbocycles. The van der Waals surface area contributed by atoms with Crippen LogP contribution in [0.25, 0.3) is 0 Å². The molecule has 0 aliphatic carbocycles. The van der Waals surface area contributed by atoms with E-state index in [0.717, 1.165) is 18.5 Å². The zero-order valence-corrected chi connectivity index (χ0v) is 19.2. The lowest BCUT2D eigenvalue weighted by atomic mass is 10.2. The molecule has 2 rings (SSSR count). The standard InChI is InChI=1S/C20H25F3N4O2.HI/c1-15-8-7-11-18(28)27(15)13-6-5-12-25-19(24-2)26-14-16-9-3-4-10-17(16)29-20(21,22)23;/h3-4,7-11H,5-6,12-14H2,1-2H3,(H2,24,25,26);1H. The molecule has 6 nitrogen and oxygen atoms in total. The molecule has 0 atom stereocenters. The van der Waals surface area contributed by atoms with Gasteiger partial charge < -0.3 is 19.9 Å². The second-order valence-corrected chi connectivity index (χ2v) is 6.37. The number of alkyl halides is 3. The predicted molar refractivity (Wildman–Crippen MR) is 121 cm³/mol. The van der Waals surface area contributed by atoms with Crippen molar-refractivity contribution in [2.75, 3.05) is 13.6 Å². The zero-order chi connectivity index (χ0) is 21.3. The van der Waals surface area contributed by atoms with Gasteiger partial charge in [0.2, 0.25) is 0 Å². The third-order valence-electron chi connectivity index (χ3n) is 4.24. The van der Waals surface area contributed by atoms with Crippen molar-refractivity contribution in [3.05, 3.63) is 64.1 Å². The Labute approximate surface area is 190 Å². The monoisotopic (exact) mass is 538 g/mol. The maximum atomic E-state index is 12.5. The fraction of sp³-hybridized carbons (Fsp3) is 0.400. The summed E-state index contributed by atoms with van der Waals surface area (Å²) >= 11 is 0. The van der Waals surface area contributed by atoms with Crippen molar-refractivity contribution < 1.29 is 17.9 Å². The van der Waals surface area contributed by atoms with E-state index in [4.69, 9.17) is 0 Å². The summed E-state index contributed by atoms with van der Waals surface area (Å²) in [5.74, 6) is 0.228. The maximum absolute atomic E-state index is 12.5. The van der Waals surface area contributed by atoms with E-state index in [-0.39, 0.29) is 41.8 Å². The Morgan fingerprint density at radius 2 is 1.83 bits per heavy atom. The molecule has 0 radical (unpaired) electrons. The molecule has 1 heterocycles. The van der Waals surface area contributed by atoms with E-state index >= 15 is 0 Å². The van der Waals surface area contributed by atoms with Crippen molar-refractivity contribution in [2.24, 2.45) is 4.99 Å². The number of guanidine groups is 1. The van der Waals surface area contributed by atoms with Gasteiger partial charge in [0, 0.05) is 44.0 Å². The molecule has 2 aromatic rings. The smallest absolute Gasteiger partial charge is 0.405 e. The molecular weight excluding hydrogens is 512 g/mol. The highest BCUT2D eigenvalue weighted by molar-refractivity contribution is 14.0. The molecule has 1 aromatic heterocycles. The molecule has 1 aromatic carbocycles. The molecule has 0 fully saturated rings. The number of aliphatic imine (C=N–C) groups is 1. The summed E-state index contributed by atoms with van der Waals surface area (Å²) in [7, 11) is 1.58. The number of halogens is 4. The summed E-state index contributed by atoms with van der Waals surface area (Å²) in [6.07, 6.45) is -3.14. The number of nitrogens with zero attached hydrogens (tertiary/aromatic N) is 2. The van der Waals surface area contributed by atoms with Crippen molar-refractivity contribution in [2.45, 2.75) is 39.2 Å². The van der Waals surface area contributed by atoms with Gasteiger partial charge in [0.05, 0.1) is 0 Å². The normalized spacial score (nSPS) is 11.6. The van der Waals surface area contributed by atoms with E-state index in [1.165, 1.54) is 18.2 Å². The van der Waals surface area contributed by atoms with Crippen LogP contribution in [0.2, 0.25) is 0 Å². The van der Waals surface area contributed by atoms with Gasteiger partial charge in [-0.15, -0.1) is 37.1 Å². The van der Waals surface area contributed by atoms with Crippen molar-refractivity contribution in [1.29, 1.82) is 0 Å². The van der Waals surface area contributed by atoms with Gasteiger partial charge in [-0.2, -0.15) is 0 Å². The number of rotatable bonds is 8. The lowest BCUT2D eigenvalue weighted by Crippen LogP contribution is -2.37. The van der Waals surface area contributed by atoms with Crippen LogP contribution in [0, 0.1) is 6.92 Å². The first kappa shape index (κ1) is 25.8. The van der Waals surface area contributed by atoms with Gasteiger partial charge in [0.15, 0.2) is 5.96 Å². The molecule has 10 heteroatoms. The van der Waals surface area contributed by atoms with Crippen LogP contribution in [0.4, 0.5) is 13.2 Å². The zero-order valence-electron chi connectivity index (χ0n) is 16.8. The van der Waals surface area contributed by atoms with Gasteiger partial charge in [-0.1, -0.05) is 24.3 Å². The minimum atomic E-state index is -4.74. The second-order valence-electron chi connectivity index (χ2n) is 6.37. The van der Waals surface area contributed by atoms with Crippen LogP contribution in [-0.4, -0.2) is 30.5 Å². The van der Waals surface area contributed by atoms with E-state index < -0.39 is 6.36 Å². The molecule has 0 aliphatic rings. The Bertz CT molecular complexity index is 885. The maximum Gasteiger partial charge on any atom is 0.573 e. The average molecular weight is 538 g/mol. The number of unbranched alkanes of at least 4 members (excludes halogenated alkanes) is 1. The van der Waals surface area contributed by atoms with Crippen LogP contribution in [0.3, 0.4) is 0 Å². The van der Waals surface area contributed by atoms with Crippen LogP contribution < -0.4 is 20.9 Å². The number of hydrogen-bond acceptors (Lipinski definition) is 3. The quantitative estimate of drug-likeness (QED) is 0.232. The number of hydrogen-bond donors (Lipinski definition) is 2. The lowest BCUT2D eigenvalue weighted by molar-refractivity contribution is -0.274. The Morgan fingerprint density at radius 3 is 2.50 bits per heavy atom. The Kier molecular flexibility index (Phi) is 10.7. The molecule has 0 aliphatic heterocycles. The van der Waals surface area contributed by atoms with E-state index in [0.29, 0.717) is 24.6 Å².